The quantitative estimate of drug-likeness (QED) is 0.622. The number of quaternary nitrogens is 1. The molecule has 2 aromatic rings. The van der Waals surface area contributed by atoms with Gasteiger partial charge in [0.15, 0.2) is 6.04 Å². The third-order valence-electron chi connectivity index (χ3n) is 5.15. The predicted octanol–water partition coefficient (Wildman–Crippen LogP) is 2.11. The molecule has 0 aromatic heterocycles. The van der Waals surface area contributed by atoms with E-state index in [1.807, 2.05) is 56.4 Å². The Labute approximate surface area is 168 Å². The minimum Gasteiger partial charge on any atom is -0.355 e. The summed E-state index contributed by atoms with van der Waals surface area (Å²) >= 11 is 0. The molecule has 2 amide bonds. The van der Waals surface area contributed by atoms with Crippen LogP contribution in [0.15, 0.2) is 54.6 Å². The summed E-state index contributed by atoms with van der Waals surface area (Å²) in [5, 5.41) is 5.84. The molecule has 2 rings (SSSR count). The average Bonchev–Trinajstić information content (AvgIpc) is 2.73. The molecule has 0 bridgehead atoms. The number of carbonyl (C=O) groups is 2. The van der Waals surface area contributed by atoms with Crippen LogP contribution >= 0.6 is 0 Å². The van der Waals surface area contributed by atoms with Crippen molar-refractivity contribution in [1.29, 1.82) is 0 Å². The molecule has 28 heavy (non-hydrogen) atoms. The van der Waals surface area contributed by atoms with Crippen LogP contribution in [0.1, 0.15) is 54.2 Å². The monoisotopic (exact) mass is 382 g/mol. The van der Waals surface area contributed by atoms with Crippen LogP contribution in [-0.4, -0.2) is 32.0 Å². The first kappa shape index (κ1) is 21.6. The van der Waals surface area contributed by atoms with Crippen LogP contribution in [-0.2, 0) is 11.3 Å². The molecule has 0 aliphatic heterocycles. The molecule has 3 N–H and O–H groups in total. The minimum atomic E-state index is -0.179. The normalized spacial score (nSPS) is 14.0. The lowest BCUT2D eigenvalue weighted by Crippen LogP contribution is -3.12. The second-order valence-corrected chi connectivity index (χ2v) is 7.28. The average molecular weight is 383 g/mol. The Morgan fingerprint density at radius 3 is 2.25 bits per heavy atom. The lowest BCUT2D eigenvalue weighted by Gasteiger charge is -2.25. The number of rotatable bonds is 9. The van der Waals surface area contributed by atoms with Crippen molar-refractivity contribution in [1.82, 2.24) is 10.6 Å². The van der Waals surface area contributed by atoms with E-state index in [0.29, 0.717) is 12.1 Å². The Bertz CT molecular complexity index is 759. The minimum absolute atomic E-state index is 0.0424. The van der Waals surface area contributed by atoms with Crippen molar-refractivity contribution >= 4 is 11.8 Å². The number of amides is 2. The van der Waals surface area contributed by atoms with Crippen LogP contribution in [0, 0.1) is 0 Å². The maximum atomic E-state index is 12.8. The third-order valence-corrected chi connectivity index (χ3v) is 5.15. The number of benzene rings is 2. The molecule has 0 saturated heterocycles. The van der Waals surface area contributed by atoms with E-state index in [1.54, 1.807) is 7.05 Å². The largest absolute Gasteiger partial charge is 0.355 e. The molecule has 0 spiro atoms. The fraction of sp³-hybridized carbons (Fsp3) is 0.391. The highest BCUT2D eigenvalue weighted by atomic mass is 16.2. The fourth-order valence-corrected chi connectivity index (χ4v) is 3.21. The Kier molecular flexibility index (Phi) is 8.20. The molecule has 0 heterocycles. The van der Waals surface area contributed by atoms with Crippen LogP contribution in [0.4, 0.5) is 0 Å². The van der Waals surface area contributed by atoms with Crippen molar-refractivity contribution in [3.05, 3.63) is 71.3 Å². The zero-order valence-electron chi connectivity index (χ0n) is 17.3. The summed E-state index contributed by atoms with van der Waals surface area (Å²) < 4.78 is 0. The summed E-state index contributed by atoms with van der Waals surface area (Å²) in [5.41, 5.74) is 2.88. The molecule has 150 valence electrons. The molecule has 0 aliphatic rings. The lowest BCUT2D eigenvalue weighted by atomic mass is 10.0. The summed E-state index contributed by atoms with van der Waals surface area (Å²) in [6.45, 7) is 4.80. The van der Waals surface area contributed by atoms with Gasteiger partial charge in [-0.05, 0) is 31.0 Å². The second kappa shape index (κ2) is 10.6. The van der Waals surface area contributed by atoms with Gasteiger partial charge in [0, 0.05) is 18.2 Å². The Morgan fingerprint density at radius 2 is 1.68 bits per heavy atom. The summed E-state index contributed by atoms with van der Waals surface area (Å²) in [5.74, 6) is -0.0374. The molecule has 0 radical (unpaired) electrons. The molecule has 0 fully saturated rings. The van der Waals surface area contributed by atoms with Crippen LogP contribution in [0.3, 0.4) is 0 Å². The molecule has 5 heteroatoms. The number of likely N-dealkylation sites (N-methyl/N-ethyl adjacent to an activating group) is 1. The third kappa shape index (κ3) is 5.92. The van der Waals surface area contributed by atoms with Gasteiger partial charge in [-0.3, -0.25) is 9.59 Å². The molecule has 0 aliphatic carbocycles. The smallest absolute Gasteiger partial charge is 0.278 e. The van der Waals surface area contributed by atoms with Gasteiger partial charge < -0.3 is 15.5 Å². The van der Waals surface area contributed by atoms with Crippen molar-refractivity contribution in [3.63, 3.8) is 0 Å². The van der Waals surface area contributed by atoms with Gasteiger partial charge >= 0.3 is 0 Å². The molecule has 2 aromatic carbocycles. The highest BCUT2D eigenvalue weighted by Gasteiger charge is 2.24. The van der Waals surface area contributed by atoms with Gasteiger partial charge in [0.25, 0.3) is 11.8 Å². The van der Waals surface area contributed by atoms with Crippen molar-refractivity contribution in [2.45, 2.75) is 45.3 Å². The fourth-order valence-electron chi connectivity index (χ4n) is 3.21. The standard InChI is InChI=1S/C23H31N3O2/c1-5-9-21(19-10-7-6-8-11-19)25-22(27)17(2)26(4)16-18-12-14-20(15-13-18)23(28)24-3/h6-8,10-15,17,21H,5,9,16H2,1-4H3,(H,24,28)(H,25,27)/p+1/t17-,21+/m0/s1. The van der Waals surface area contributed by atoms with Crippen LogP contribution in [0.2, 0.25) is 0 Å². The zero-order valence-corrected chi connectivity index (χ0v) is 17.3. The molecular weight excluding hydrogens is 350 g/mol. The highest BCUT2D eigenvalue weighted by molar-refractivity contribution is 5.93. The Balaban J connectivity index is 1.98. The van der Waals surface area contributed by atoms with Gasteiger partial charge in [-0.25, -0.2) is 0 Å². The number of carbonyl (C=O) groups excluding carboxylic acids is 2. The van der Waals surface area contributed by atoms with Crippen molar-refractivity contribution in [3.8, 4) is 0 Å². The summed E-state index contributed by atoms with van der Waals surface area (Å²) in [6, 6.07) is 17.5. The van der Waals surface area contributed by atoms with Crippen LogP contribution < -0.4 is 15.5 Å². The van der Waals surface area contributed by atoms with Crippen molar-refractivity contribution in [2.24, 2.45) is 0 Å². The second-order valence-electron chi connectivity index (χ2n) is 7.28. The number of hydrogen-bond donors (Lipinski definition) is 3. The first-order valence-corrected chi connectivity index (χ1v) is 9.94. The highest BCUT2D eigenvalue weighted by Crippen LogP contribution is 2.18. The van der Waals surface area contributed by atoms with Crippen molar-refractivity contribution in [2.75, 3.05) is 14.1 Å². The topological polar surface area (TPSA) is 62.6 Å². The van der Waals surface area contributed by atoms with E-state index >= 15 is 0 Å². The van der Waals surface area contributed by atoms with Gasteiger partial charge in [0.2, 0.25) is 0 Å². The van der Waals surface area contributed by atoms with E-state index in [-0.39, 0.29) is 23.9 Å². The first-order chi connectivity index (χ1) is 13.5. The van der Waals surface area contributed by atoms with Gasteiger partial charge in [0.1, 0.15) is 6.54 Å². The predicted molar refractivity (Wildman–Crippen MR) is 112 cm³/mol. The van der Waals surface area contributed by atoms with Gasteiger partial charge in [-0.1, -0.05) is 55.8 Å². The van der Waals surface area contributed by atoms with Crippen LogP contribution in [0.5, 0.6) is 0 Å². The maximum Gasteiger partial charge on any atom is 0.278 e. The van der Waals surface area contributed by atoms with Crippen LogP contribution in [0.25, 0.3) is 0 Å². The van der Waals surface area contributed by atoms with Crippen molar-refractivity contribution < 1.29 is 14.5 Å². The molecule has 1 unspecified atom stereocenters. The van der Waals surface area contributed by atoms with Gasteiger partial charge in [0.05, 0.1) is 13.1 Å². The van der Waals surface area contributed by atoms with E-state index in [4.69, 9.17) is 0 Å². The molecule has 0 saturated carbocycles. The summed E-state index contributed by atoms with van der Waals surface area (Å²) in [4.78, 5) is 25.6. The van der Waals surface area contributed by atoms with E-state index in [1.165, 1.54) is 0 Å². The summed E-state index contributed by atoms with van der Waals surface area (Å²) in [6.07, 6.45) is 1.93. The molecule has 5 nitrogen and oxygen atoms in total. The van der Waals surface area contributed by atoms with Gasteiger partial charge in [-0.2, -0.15) is 0 Å². The molecular formula is C23H32N3O2+. The van der Waals surface area contributed by atoms with E-state index in [9.17, 15) is 9.59 Å². The lowest BCUT2D eigenvalue weighted by molar-refractivity contribution is -0.908. The van der Waals surface area contributed by atoms with Gasteiger partial charge in [-0.15, -0.1) is 0 Å². The molecule has 3 atom stereocenters. The van der Waals surface area contributed by atoms with E-state index in [2.05, 4.69) is 29.7 Å². The van der Waals surface area contributed by atoms with E-state index < -0.39 is 0 Å². The first-order valence-electron chi connectivity index (χ1n) is 9.94. The number of hydrogen-bond acceptors (Lipinski definition) is 2. The Hall–Kier alpha value is -2.66. The maximum absolute atomic E-state index is 12.8. The Morgan fingerprint density at radius 1 is 1.04 bits per heavy atom. The number of nitrogens with one attached hydrogen (secondary N) is 3. The van der Waals surface area contributed by atoms with E-state index in [0.717, 1.165) is 28.9 Å². The SMILES string of the molecule is CCC[C@@H](NC(=O)[C@H](C)[NH+](C)Cc1ccc(C(=O)NC)cc1)c1ccccc1. The zero-order chi connectivity index (χ0) is 20.5. The summed E-state index contributed by atoms with van der Waals surface area (Å²) in [7, 11) is 3.64.